The summed E-state index contributed by atoms with van der Waals surface area (Å²) in [6, 6.07) is 0. The van der Waals surface area contributed by atoms with E-state index in [4.69, 9.17) is 9.84 Å². The van der Waals surface area contributed by atoms with Gasteiger partial charge in [0.15, 0.2) is 0 Å². The molecule has 0 heterocycles. The number of ether oxygens (including phenoxy) is 1. The van der Waals surface area contributed by atoms with E-state index in [2.05, 4.69) is 13.8 Å². The number of aliphatic carboxylic acids is 1. The molecule has 0 rings (SSSR count). The van der Waals surface area contributed by atoms with Gasteiger partial charge in [-0.2, -0.15) is 0 Å². The summed E-state index contributed by atoms with van der Waals surface area (Å²) >= 11 is 0. The zero-order valence-corrected chi connectivity index (χ0v) is 24.3. The van der Waals surface area contributed by atoms with Gasteiger partial charge in [-0.25, -0.2) is 0 Å². The third kappa shape index (κ3) is 27.5. The highest BCUT2D eigenvalue weighted by Gasteiger charge is 2.14. The summed E-state index contributed by atoms with van der Waals surface area (Å²) < 4.78 is 5.94. The van der Waals surface area contributed by atoms with Gasteiger partial charge in [-0.3, -0.25) is 9.59 Å². The van der Waals surface area contributed by atoms with Crippen molar-refractivity contribution in [2.45, 2.75) is 193 Å². The Morgan fingerprint density at radius 3 is 1.22 bits per heavy atom. The monoisotopic (exact) mass is 510 g/mol. The highest BCUT2D eigenvalue weighted by atomic mass is 16.5. The summed E-state index contributed by atoms with van der Waals surface area (Å²) in [5, 5.41) is 8.75. The lowest BCUT2D eigenvalue weighted by atomic mass is 10.0. The predicted molar refractivity (Wildman–Crippen MR) is 154 cm³/mol. The molecule has 1 unspecified atom stereocenters. The number of carboxylic acids is 1. The Balaban J connectivity index is 4.05. The molecular formula is C32H62O4. The topological polar surface area (TPSA) is 63.6 Å². The molecule has 36 heavy (non-hydrogen) atoms. The van der Waals surface area contributed by atoms with Crippen molar-refractivity contribution in [1.82, 2.24) is 0 Å². The quantitative estimate of drug-likeness (QED) is 0.0802. The fourth-order valence-electron chi connectivity index (χ4n) is 4.95. The maximum atomic E-state index is 12.5. The van der Waals surface area contributed by atoms with E-state index in [0.717, 1.165) is 64.2 Å². The lowest BCUT2D eigenvalue weighted by Gasteiger charge is -2.18. The van der Waals surface area contributed by atoms with Gasteiger partial charge in [0.1, 0.15) is 6.10 Å². The zero-order chi connectivity index (χ0) is 26.5. The Hall–Kier alpha value is -1.06. The van der Waals surface area contributed by atoms with E-state index in [1.165, 1.54) is 96.3 Å². The number of rotatable bonds is 29. The number of carbonyl (C=O) groups is 2. The van der Waals surface area contributed by atoms with Crippen LogP contribution in [-0.2, 0) is 14.3 Å². The van der Waals surface area contributed by atoms with Crippen LogP contribution in [0.3, 0.4) is 0 Å². The predicted octanol–water partition coefficient (Wildman–Crippen LogP) is 10.6. The first-order valence-electron chi connectivity index (χ1n) is 16.0. The number of hydrogen-bond donors (Lipinski definition) is 1. The molecule has 1 atom stereocenters. The maximum absolute atomic E-state index is 12.5. The SMILES string of the molecule is CCCCCCCCCCCCC(CCCCCCCC(=O)O)OC(=O)CCCCCCCCCC. The van der Waals surface area contributed by atoms with Crippen molar-refractivity contribution in [1.29, 1.82) is 0 Å². The Kier molecular flexibility index (Phi) is 27.7. The van der Waals surface area contributed by atoms with Gasteiger partial charge in [0.2, 0.25) is 0 Å². The van der Waals surface area contributed by atoms with Crippen LogP contribution in [0.2, 0.25) is 0 Å². The van der Waals surface area contributed by atoms with Crippen molar-refractivity contribution in [3.63, 3.8) is 0 Å². The lowest BCUT2D eigenvalue weighted by Crippen LogP contribution is -2.18. The van der Waals surface area contributed by atoms with E-state index >= 15 is 0 Å². The van der Waals surface area contributed by atoms with Gasteiger partial charge < -0.3 is 9.84 Å². The number of unbranched alkanes of at least 4 members (excludes halogenated alkanes) is 20. The van der Waals surface area contributed by atoms with Crippen molar-refractivity contribution in [2.75, 3.05) is 0 Å². The fourth-order valence-corrected chi connectivity index (χ4v) is 4.95. The minimum absolute atomic E-state index is 0.000444. The van der Waals surface area contributed by atoms with Gasteiger partial charge in [-0.05, 0) is 38.5 Å². The molecule has 1 N–H and O–H groups in total. The maximum Gasteiger partial charge on any atom is 0.306 e. The molecule has 4 nitrogen and oxygen atoms in total. The minimum Gasteiger partial charge on any atom is -0.481 e. The molecule has 0 saturated heterocycles. The first-order valence-corrected chi connectivity index (χ1v) is 16.0. The van der Waals surface area contributed by atoms with Crippen molar-refractivity contribution in [3.8, 4) is 0 Å². The van der Waals surface area contributed by atoms with Crippen molar-refractivity contribution < 1.29 is 19.4 Å². The average molecular weight is 511 g/mol. The molecule has 0 bridgehead atoms. The molecule has 0 aromatic heterocycles. The zero-order valence-electron chi connectivity index (χ0n) is 24.3. The van der Waals surface area contributed by atoms with Crippen LogP contribution in [0.15, 0.2) is 0 Å². The molecule has 0 aromatic carbocycles. The molecule has 0 aliphatic heterocycles. The number of esters is 1. The summed E-state index contributed by atoms with van der Waals surface area (Å²) in [6.45, 7) is 4.52. The Morgan fingerprint density at radius 1 is 0.500 bits per heavy atom. The Labute approximate surface area is 224 Å². The summed E-state index contributed by atoms with van der Waals surface area (Å²) in [6.07, 6.45) is 31.1. The van der Waals surface area contributed by atoms with Crippen molar-refractivity contribution in [2.24, 2.45) is 0 Å². The summed E-state index contributed by atoms with van der Waals surface area (Å²) in [5.74, 6) is -0.700. The first-order chi connectivity index (χ1) is 17.6. The average Bonchev–Trinajstić information content (AvgIpc) is 2.85. The molecule has 214 valence electrons. The normalized spacial score (nSPS) is 12.1. The van der Waals surface area contributed by atoms with E-state index in [-0.39, 0.29) is 18.5 Å². The van der Waals surface area contributed by atoms with E-state index in [1.807, 2.05) is 0 Å². The van der Waals surface area contributed by atoms with Crippen LogP contribution in [0.5, 0.6) is 0 Å². The highest BCUT2D eigenvalue weighted by Crippen LogP contribution is 2.19. The van der Waals surface area contributed by atoms with Crippen LogP contribution in [0, 0.1) is 0 Å². The van der Waals surface area contributed by atoms with E-state index in [9.17, 15) is 9.59 Å². The molecule has 0 spiro atoms. The number of carbonyl (C=O) groups excluding carboxylic acids is 1. The summed E-state index contributed by atoms with van der Waals surface area (Å²) in [5.41, 5.74) is 0. The van der Waals surface area contributed by atoms with E-state index in [0.29, 0.717) is 6.42 Å². The van der Waals surface area contributed by atoms with Crippen LogP contribution < -0.4 is 0 Å². The second-order valence-electron chi connectivity index (χ2n) is 11.0. The number of carboxylic acid groups (broad SMARTS) is 1. The highest BCUT2D eigenvalue weighted by molar-refractivity contribution is 5.69. The van der Waals surface area contributed by atoms with Gasteiger partial charge in [0.25, 0.3) is 0 Å². The smallest absolute Gasteiger partial charge is 0.306 e. The number of hydrogen-bond acceptors (Lipinski definition) is 3. The van der Waals surface area contributed by atoms with Crippen LogP contribution in [0.4, 0.5) is 0 Å². The van der Waals surface area contributed by atoms with Crippen molar-refractivity contribution >= 4 is 11.9 Å². The van der Waals surface area contributed by atoms with Gasteiger partial charge in [-0.15, -0.1) is 0 Å². The Morgan fingerprint density at radius 2 is 0.833 bits per heavy atom. The minimum atomic E-state index is -0.699. The molecule has 0 aliphatic rings. The molecule has 0 radical (unpaired) electrons. The molecular weight excluding hydrogens is 448 g/mol. The molecule has 0 fully saturated rings. The van der Waals surface area contributed by atoms with Crippen LogP contribution in [-0.4, -0.2) is 23.1 Å². The largest absolute Gasteiger partial charge is 0.481 e. The molecule has 0 amide bonds. The second kappa shape index (κ2) is 28.5. The molecule has 0 saturated carbocycles. The third-order valence-electron chi connectivity index (χ3n) is 7.33. The molecule has 0 aromatic rings. The third-order valence-corrected chi connectivity index (χ3v) is 7.33. The van der Waals surface area contributed by atoms with E-state index in [1.54, 1.807) is 0 Å². The Bertz CT molecular complexity index is 477. The lowest BCUT2D eigenvalue weighted by molar-refractivity contribution is -0.150. The standard InChI is InChI=1S/C32H62O4/c1-3-5-7-9-11-13-14-15-18-22-26-30(27-23-19-17-20-24-28-31(33)34)36-32(35)29-25-21-16-12-10-8-6-4-2/h30H,3-29H2,1-2H3,(H,33,34). The van der Waals surface area contributed by atoms with Crippen molar-refractivity contribution in [3.05, 3.63) is 0 Å². The van der Waals surface area contributed by atoms with E-state index < -0.39 is 5.97 Å². The molecule has 4 heteroatoms. The summed E-state index contributed by atoms with van der Waals surface area (Å²) in [4.78, 5) is 23.1. The van der Waals surface area contributed by atoms with Gasteiger partial charge in [-0.1, -0.05) is 136 Å². The summed E-state index contributed by atoms with van der Waals surface area (Å²) in [7, 11) is 0. The van der Waals surface area contributed by atoms with Crippen LogP contribution in [0.1, 0.15) is 187 Å². The first kappa shape index (κ1) is 34.9. The fraction of sp³-hybridized carbons (Fsp3) is 0.938. The van der Waals surface area contributed by atoms with Crippen LogP contribution >= 0.6 is 0 Å². The van der Waals surface area contributed by atoms with Gasteiger partial charge >= 0.3 is 11.9 Å². The van der Waals surface area contributed by atoms with Gasteiger partial charge in [0.05, 0.1) is 0 Å². The molecule has 0 aliphatic carbocycles. The van der Waals surface area contributed by atoms with Crippen LogP contribution in [0.25, 0.3) is 0 Å². The van der Waals surface area contributed by atoms with Gasteiger partial charge in [0, 0.05) is 12.8 Å². The second-order valence-corrected chi connectivity index (χ2v) is 11.0.